The second-order valence-corrected chi connectivity index (χ2v) is 4.42. The van der Waals surface area contributed by atoms with E-state index in [0.717, 1.165) is 17.5 Å². The first-order valence-electron chi connectivity index (χ1n) is 6.24. The van der Waals surface area contributed by atoms with E-state index in [0.29, 0.717) is 11.3 Å². The first-order chi connectivity index (χ1) is 10.1. The number of benzene rings is 2. The van der Waals surface area contributed by atoms with Gasteiger partial charge in [-0.15, -0.1) is 0 Å². The average molecular weight is 288 g/mol. The number of halogens is 2. The van der Waals surface area contributed by atoms with Crippen LogP contribution >= 0.6 is 0 Å². The number of rotatable bonds is 3. The Hall–Kier alpha value is -2.69. The minimum absolute atomic E-state index is 0.193. The first-order valence-corrected chi connectivity index (χ1v) is 6.24. The van der Waals surface area contributed by atoms with Crippen molar-refractivity contribution >= 4 is 16.9 Å². The van der Waals surface area contributed by atoms with Gasteiger partial charge in [0, 0.05) is 5.39 Å². The second-order valence-electron chi connectivity index (χ2n) is 4.42. The molecule has 3 nitrogen and oxygen atoms in total. The molecule has 0 amide bonds. The van der Waals surface area contributed by atoms with Crippen LogP contribution in [-0.2, 0) is 11.3 Å². The van der Waals surface area contributed by atoms with E-state index in [4.69, 9.17) is 9.15 Å². The number of esters is 1. The lowest BCUT2D eigenvalue weighted by Gasteiger charge is -2.04. The Morgan fingerprint density at radius 1 is 1.05 bits per heavy atom. The van der Waals surface area contributed by atoms with Crippen molar-refractivity contribution in [2.75, 3.05) is 0 Å². The van der Waals surface area contributed by atoms with Gasteiger partial charge in [-0.2, -0.15) is 0 Å². The van der Waals surface area contributed by atoms with E-state index < -0.39 is 23.2 Å². The highest BCUT2D eigenvalue weighted by Gasteiger charge is 2.19. The van der Waals surface area contributed by atoms with Crippen LogP contribution < -0.4 is 0 Å². The van der Waals surface area contributed by atoms with E-state index in [2.05, 4.69) is 0 Å². The molecular formula is C16H10F2O3. The third kappa shape index (κ3) is 2.63. The lowest BCUT2D eigenvalue weighted by Crippen LogP contribution is -2.09. The molecule has 2 aromatic carbocycles. The van der Waals surface area contributed by atoms with Crippen LogP contribution in [0, 0.1) is 11.6 Å². The van der Waals surface area contributed by atoms with E-state index in [1.807, 2.05) is 18.2 Å². The predicted octanol–water partition coefficient (Wildman–Crippen LogP) is 4.07. The number of carbonyl (C=O) groups is 1. The second kappa shape index (κ2) is 5.36. The number of para-hydroxylation sites is 1. The van der Waals surface area contributed by atoms with Gasteiger partial charge in [-0.05, 0) is 24.3 Å². The Labute approximate surface area is 118 Å². The third-order valence-corrected chi connectivity index (χ3v) is 2.99. The number of furan rings is 1. The van der Waals surface area contributed by atoms with Crippen molar-refractivity contribution in [2.24, 2.45) is 0 Å². The van der Waals surface area contributed by atoms with Crippen LogP contribution in [0.5, 0.6) is 0 Å². The fourth-order valence-electron chi connectivity index (χ4n) is 2.01. The molecule has 0 unspecified atom stereocenters. The Balaban J connectivity index is 1.76. The van der Waals surface area contributed by atoms with E-state index in [-0.39, 0.29) is 6.61 Å². The van der Waals surface area contributed by atoms with Gasteiger partial charge in [0.1, 0.15) is 35.1 Å². The fourth-order valence-corrected chi connectivity index (χ4v) is 2.01. The summed E-state index contributed by atoms with van der Waals surface area (Å²) in [6.45, 7) is -0.193. The van der Waals surface area contributed by atoms with Crippen molar-refractivity contribution in [1.29, 1.82) is 0 Å². The summed E-state index contributed by atoms with van der Waals surface area (Å²) >= 11 is 0. The molecule has 5 heteroatoms. The summed E-state index contributed by atoms with van der Waals surface area (Å²) < 4.78 is 37.2. The summed E-state index contributed by atoms with van der Waals surface area (Å²) in [7, 11) is 0. The molecule has 0 N–H and O–H groups in total. The third-order valence-electron chi connectivity index (χ3n) is 2.99. The van der Waals surface area contributed by atoms with Crippen LogP contribution in [0.4, 0.5) is 8.78 Å². The maximum Gasteiger partial charge on any atom is 0.344 e. The molecule has 106 valence electrons. The largest absolute Gasteiger partial charge is 0.457 e. The summed E-state index contributed by atoms with van der Waals surface area (Å²) in [6, 6.07) is 12.2. The van der Waals surface area contributed by atoms with Crippen LogP contribution in [-0.4, -0.2) is 5.97 Å². The molecule has 0 aliphatic heterocycles. The summed E-state index contributed by atoms with van der Waals surface area (Å²) in [5.41, 5.74) is -0.0470. The van der Waals surface area contributed by atoms with Crippen LogP contribution in [0.2, 0.25) is 0 Å². The molecule has 3 rings (SSSR count). The van der Waals surface area contributed by atoms with E-state index in [1.165, 1.54) is 6.07 Å². The normalized spacial score (nSPS) is 10.8. The van der Waals surface area contributed by atoms with Gasteiger partial charge in [-0.25, -0.2) is 13.6 Å². The quantitative estimate of drug-likeness (QED) is 0.682. The van der Waals surface area contributed by atoms with E-state index >= 15 is 0 Å². The summed E-state index contributed by atoms with van der Waals surface area (Å²) in [5.74, 6) is -2.57. The van der Waals surface area contributed by atoms with Crippen molar-refractivity contribution in [3.8, 4) is 0 Å². The van der Waals surface area contributed by atoms with Crippen molar-refractivity contribution in [2.45, 2.75) is 6.61 Å². The highest BCUT2D eigenvalue weighted by atomic mass is 19.1. The van der Waals surface area contributed by atoms with Gasteiger partial charge in [-0.3, -0.25) is 0 Å². The SMILES string of the molecule is O=C(OCc1cc2ccccc2o1)c1c(F)cccc1F. The smallest absolute Gasteiger partial charge is 0.344 e. The molecule has 0 atom stereocenters. The number of hydrogen-bond acceptors (Lipinski definition) is 3. The monoisotopic (exact) mass is 288 g/mol. The summed E-state index contributed by atoms with van der Waals surface area (Å²) in [5, 5.41) is 0.862. The maximum absolute atomic E-state index is 13.4. The molecular weight excluding hydrogens is 278 g/mol. The highest BCUT2D eigenvalue weighted by molar-refractivity contribution is 5.90. The van der Waals surface area contributed by atoms with Crippen LogP contribution in [0.25, 0.3) is 11.0 Å². The Morgan fingerprint density at radius 2 is 1.76 bits per heavy atom. The zero-order valence-corrected chi connectivity index (χ0v) is 10.8. The molecule has 0 aliphatic rings. The number of fused-ring (bicyclic) bond motifs is 1. The first kappa shape index (κ1) is 13.3. The van der Waals surface area contributed by atoms with Gasteiger partial charge < -0.3 is 9.15 Å². The zero-order valence-electron chi connectivity index (χ0n) is 10.8. The van der Waals surface area contributed by atoms with Crippen molar-refractivity contribution in [3.05, 3.63) is 71.5 Å². The molecule has 0 bridgehead atoms. The lowest BCUT2D eigenvalue weighted by molar-refractivity contribution is 0.0436. The van der Waals surface area contributed by atoms with Crippen LogP contribution in [0.3, 0.4) is 0 Å². The topological polar surface area (TPSA) is 39.4 Å². The van der Waals surface area contributed by atoms with Gasteiger partial charge >= 0.3 is 5.97 Å². The van der Waals surface area contributed by atoms with Gasteiger partial charge in [0.15, 0.2) is 0 Å². The molecule has 0 aliphatic carbocycles. The number of hydrogen-bond donors (Lipinski definition) is 0. The zero-order chi connectivity index (χ0) is 14.8. The predicted molar refractivity (Wildman–Crippen MR) is 71.7 cm³/mol. The molecule has 0 radical (unpaired) electrons. The average Bonchev–Trinajstić information content (AvgIpc) is 2.87. The Bertz CT molecular complexity index is 755. The van der Waals surface area contributed by atoms with E-state index in [9.17, 15) is 13.6 Å². The minimum atomic E-state index is -1.06. The van der Waals surface area contributed by atoms with Gasteiger partial charge in [-0.1, -0.05) is 24.3 Å². The van der Waals surface area contributed by atoms with Crippen molar-refractivity contribution in [1.82, 2.24) is 0 Å². The molecule has 3 aromatic rings. The molecule has 0 saturated carbocycles. The van der Waals surface area contributed by atoms with Crippen LogP contribution in [0.1, 0.15) is 16.1 Å². The molecule has 0 spiro atoms. The lowest BCUT2D eigenvalue weighted by atomic mass is 10.2. The summed E-state index contributed by atoms with van der Waals surface area (Å²) in [6.07, 6.45) is 0. The molecule has 21 heavy (non-hydrogen) atoms. The Kier molecular flexibility index (Phi) is 3.39. The number of carbonyl (C=O) groups excluding carboxylic acids is 1. The number of ether oxygens (including phenoxy) is 1. The molecule has 0 saturated heterocycles. The molecule has 1 aromatic heterocycles. The van der Waals surface area contributed by atoms with Gasteiger partial charge in [0.05, 0.1) is 0 Å². The minimum Gasteiger partial charge on any atom is -0.457 e. The molecule has 1 heterocycles. The molecule has 0 fully saturated rings. The summed E-state index contributed by atoms with van der Waals surface area (Å²) in [4.78, 5) is 11.7. The van der Waals surface area contributed by atoms with Crippen LogP contribution in [0.15, 0.2) is 52.9 Å². The Morgan fingerprint density at radius 3 is 2.48 bits per heavy atom. The van der Waals surface area contributed by atoms with Crippen molar-refractivity contribution in [3.63, 3.8) is 0 Å². The standard InChI is InChI=1S/C16H10F2O3/c17-12-5-3-6-13(18)15(12)16(19)20-9-11-8-10-4-1-2-7-14(10)21-11/h1-8H,9H2. The van der Waals surface area contributed by atoms with E-state index in [1.54, 1.807) is 12.1 Å². The van der Waals surface area contributed by atoms with Gasteiger partial charge in [0.25, 0.3) is 0 Å². The van der Waals surface area contributed by atoms with Gasteiger partial charge in [0.2, 0.25) is 0 Å². The highest BCUT2D eigenvalue weighted by Crippen LogP contribution is 2.20. The van der Waals surface area contributed by atoms with Crippen molar-refractivity contribution < 1.29 is 22.7 Å². The maximum atomic E-state index is 13.4. The fraction of sp³-hybridized carbons (Fsp3) is 0.0625.